The normalized spacial score (nSPS) is 23.1. The van der Waals surface area contributed by atoms with Crippen molar-refractivity contribution in [2.75, 3.05) is 33.9 Å². The molecule has 2 bridgehead atoms. The number of esters is 1. The zero-order valence-electron chi connectivity index (χ0n) is 20.7. The monoisotopic (exact) mass is 509 g/mol. The lowest BCUT2D eigenvalue weighted by Crippen LogP contribution is -2.43. The SMILES string of the molecule is COc1cccc(S(=O)(=O)N(C)C[C@H]2OCc3cn(nn3)CCCC(=O)OC[C@@H](C)NC[C@H]2C)c1. The Morgan fingerprint density at radius 2 is 2.11 bits per heavy atom. The molecule has 1 aromatic heterocycles. The van der Waals surface area contributed by atoms with Gasteiger partial charge in [0.25, 0.3) is 0 Å². The van der Waals surface area contributed by atoms with E-state index in [0.717, 1.165) is 0 Å². The number of hydrogen-bond acceptors (Lipinski definition) is 9. The lowest BCUT2D eigenvalue weighted by molar-refractivity contribution is -0.144. The number of ether oxygens (including phenoxy) is 3. The van der Waals surface area contributed by atoms with Gasteiger partial charge in [0.05, 0.1) is 30.9 Å². The summed E-state index contributed by atoms with van der Waals surface area (Å²) in [5.74, 6) is 0.166. The minimum absolute atomic E-state index is 0.0548. The molecule has 1 aliphatic rings. The number of carbonyl (C=O) groups excluding carboxylic acids is 1. The Kier molecular flexibility index (Phi) is 9.61. The number of carbonyl (C=O) groups is 1. The van der Waals surface area contributed by atoms with E-state index in [9.17, 15) is 13.2 Å². The van der Waals surface area contributed by atoms with E-state index >= 15 is 0 Å². The number of methoxy groups -OCH3 is 1. The van der Waals surface area contributed by atoms with Crippen LogP contribution >= 0.6 is 0 Å². The quantitative estimate of drug-likeness (QED) is 0.596. The van der Waals surface area contributed by atoms with E-state index in [4.69, 9.17) is 14.2 Å². The van der Waals surface area contributed by atoms with Crippen molar-refractivity contribution in [3.05, 3.63) is 36.2 Å². The number of benzene rings is 1. The number of rotatable bonds is 5. The Hall–Kier alpha value is -2.54. The van der Waals surface area contributed by atoms with Crippen LogP contribution in [0.5, 0.6) is 5.75 Å². The van der Waals surface area contributed by atoms with Gasteiger partial charge >= 0.3 is 5.97 Å². The van der Waals surface area contributed by atoms with Crippen molar-refractivity contribution >= 4 is 16.0 Å². The van der Waals surface area contributed by atoms with Gasteiger partial charge in [0.1, 0.15) is 18.1 Å². The molecule has 0 radical (unpaired) electrons. The second kappa shape index (κ2) is 12.4. The number of aromatic nitrogens is 3. The second-order valence-electron chi connectivity index (χ2n) is 8.86. The number of sulfonamides is 1. The Bertz CT molecular complexity index is 1080. The Morgan fingerprint density at radius 3 is 2.89 bits per heavy atom. The molecule has 0 fully saturated rings. The Balaban J connectivity index is 1.76. The van der Waals surface area contributed by atoms with Crippen LogP contribution in [-0.2, 0) is 37.4 Å². The molecule has 0 saturated heterocycles. The predicted molar refractivity (Wildman–Crippen MR) is 128 cm³/mol. The summed E-state index contributed by atoms with van der Waals surface area (Å²) in [6, 6.07) is 6.33. The van der Waals surface area contributed by atoms with Gasteiger partial charge in [0.2, 0.25) is 10.0 Å². The number of hydrogen-bond donors (Lipinski definition) is 1. The molecule has 1 aliphatic heterocycles. The van der Waals surface area contributed by atoms with Crippen molar-refractivity contribution in [2.24, 2.45) is 5.92 Å². The van der Waals surface area contributed by atoms with E-state index in [1.54, 1.807) is 29.1 Å². The summed E-state index contributed by atoms with van der Waals surface area (Å²) >= 11 is 0. The van der Waals surface area contributed by atoms with Crippen LogP contribution in [0, 0.1) is 5.92 Å². The van der Waals surface area contributed by atoms with Gasteiger partial charge in [-0.15, -0.1) is 5.10 Å². The van der Waals surface area contributed by atoms with Crippen molar-refractivity contribution in [3.8, 4) is 5.75 Å². The molecule has 3 rings (SSSR count). The molecular weight excluding hydrogens is 474 g/mol. The van der Waals surface area contributed by atoms with Crippen molar-refractivity contribution in [2.45, 2.75) is 56.9 Å². The molecule has 3 atom stereocenters. The minimum Gasteiger partial charge on any atom is -0.497 e. The molecule has 1 aromatic carbocycles. The lowest BCUT2D eigenvalue weighted by Gasteiger charge is -2.29. The molecule has 0 spiro atoms. The van der Waals surface area contributed by atoms with E-state index in [-0.39, 0.29) is 42.6 Å². The van der Waals surface area contributed by atoms with E-state index in [1.807, 2.05) is 13.8 Å². The zero-order valence-corrected chi connectivity index (χ0v) is 21.5. The van der Waals surface area contributed by atoms with Crippen LogP contribution in [0.1, 0.15) is 32.4 Å². The highest BCUT2D eigenvalue weighted by Gasteiger charge is 2.28. The van der Waals surface area contributed by atoms with Crippen molar-refractivity contribution in [3.63, 3.8) is 0 Å². The largest absolute Gasteiger partial charge is 0.497 e. The summed E-state index contributed by atoms with van der Waals surface area (Å²) in [6.07, 6.45) is 2.25. The van der Waals surface area contributed by atoms with Gasteiger partial charge in [-0.1, -0.05) is 18.2 Å². The van der Waals surface area contributed by atoms with Gasteiger partial charge in [-0.25, -0.2) is 8.42 Å². The number of likely N-dealkylation sites (N-methyl/N-ethyl adjacent to an activating group) is 1. The molecular formula is C23H35N5O6S. The second-order valence-corrected chi connectivity index (χ2v) is 10.9. The fourth-order valence-corrected chi connectivity index (χ4v) is 4.87. The van der Waals surface area contributed by atoms with Crippen LogP contribution in [-0.4, -0.2) is 79.7 Å². The maximum atomic E-state index is 13.2. The highest BCUT2D eigenvalue weighted by Crippen LogP contribution is 2.22. The summed E-state index contributed by atoms with van der Waals surface area (Å²) in [5.41, 5.74) is 0.636. The molecule has 194 valence electrons. The fourth-order valence-electron chi connectivity index (χ4n) is 3.65. The van der Waals surface area contributed by atoms with Gasteiger partial charge in [0, 0.05) is 45.2 Å². The summed E-state index contributed by atoms with van der Waals surface area (Å²) in [6.45, 7) is 5.60. The number of fused-ring (bicyclic) bond motifs is 2. The number of nitrogens with one attached hydrogen (secondary N) is 1. The van der Waals surface area contributed by atoms with Crippen LogP contribution in [0.4, 0.5) is 0 Å². The molecule has 0 aliphatic carbocycles. The highest BCUT2D eigenvalue weighted by molar-refractivity contribution is 7.89. The van der Waals surface area contributed by atoms with Gasteiger partial charge in [-0.05, 0) is 31.4 Å². The molecule has 1 N–H and O–H groups in total. The van der Waals surface area contributed by atoms with Crippen molar-refractivity contribution in [1.82, 2.24) is 24.6 Å². The minimum atomic E-state index is -3.76. The van der Waals surface area contributed by atoms with E-state index < -0.39 is 16.1 Å². The standard InChI is InChI=1S/C23H35N5O6S/c1-17-12-24-18(2)15-34-23(29)9-6-10-28-13-19(25-26-28)16-33-22(17)14-27(3)35(30,31)21-8-5-7-20(11-21)32-4/h5,7-8,11,13,17-18,22,24H,6,9-10,12,14-16H2,1-4H3/t17-,18-,22-/m1/s1. The van der Waals surface area contributed by atoms with E-state index in [0.29, 0.717) is 37.4 Å². The molecule has 0 saturated carbocycles. The summed E-state index contributed by atoms with van der Waals surface area (Å²) in [5, 5.41) is 11.6. The van der Waals surface area contributed by atoms with Crippen LogP contribution in [0.25, 0.3) is 0 Å². The average Bonchev–Trinajstić information content (AvgIpc) is 3.30. The maximum absolute atomic E-state index is 13.2. The fraction of sp³-hybridized carbons (Fsp3) is 0.609. The van der Waals surface area contributed by atoms with Crippen LogP contribution in [0.2, 0.25) is 0 Å². The molecule has 11 nitrogen and oxygen atoms in total. The maximum Gasteiger partial charge on any atom is 0.305 e. The van der Waals surface area contributed by atoms with Crippen molar-refractivity contribution < 1.29 is 27.4 Å². The van der Waals surface area contributed by atoms with E-state index in [2.05, 4.69) is 15.6 Å². The van der Waals surface area contributed by atoms with Crippen LogP contribution < -0.4 is 10.1 Å². The van der Waals surface area contributed by atoms with Crippen LogP contribution in [0.15, 0.2) is 35.4 Å². The van der Waals surface area contributed by atoms with Crippen LogP contribution in [0.3, 0.4) is 0 Å². The number of nitrogens with zero attached hydrogens (tertiary/aromatic N) is 4. The first-order valence-electron chi connectivity index (χ1n) is 11.7. The number of cyclic esters (lactones) is 1. The van der Waals surface area contributed by atoms with Gasteiger partial charge in [-0.3, -0.25) is 9.48 Å². The lowest BCUT2D eigenvalue weighted by atomic mass is 10.0. The average molecular weight is 510 g/mol. The third kappa shape index (κ3) is 7.72. The molecule has 12 heteroatoms. The predicted octanol–water partition coefficient (Wildman–Crippen LogP) is 1.44. The van der Waals surface area contributed by atoms with Gasteiger partial charge in [0.15, 0.2) is 0 Å². The topological polar surface area (TPSA) is 125 Å². The Morgan fingerprint density at radius 1 is 1.31 bits per heavy atom. The first kappa shape index (κ1) is 27.1. The van der Waals surface area contributed by atoms with Gasteiger partial charge in [-0.2, -0.15) is 4.31 Å². The molecule has 2 heterocycles. The van der Waals surface area contributed by atoms with Crippen molar-refractivity contribution in [1.29, 1.82) is 0 Å². The van der Waals surface area contributed by atoms with E-state index in [1.165, 1.54) is 24.5 Å². The zero-order chi connectivity index (χ0) is 25.4. The third-order valence-corrected chi connectivity index (χ3v) is 7.72. The molecule has 0 amide bonds. The van der Waals surface area contributed by atoms with Gasteiger partial charge < -0.3 is 19.5 Å². The third-order valence-electron chi connectivity index (χ3n) is 5.90. The molecule has 2 aromatic rings. The smallest absolute Gasteiger partial charge is 0.305 e. The highest BCUT2D eigenvalue weighted by atomic mass is 32.2. The number of aryl methyl sites for hydroxylation is 1. The summed E-state index contributed by atoms with van der Waals surface area (Å²) in [4.78, 5) is 12.1. The first-order valence-corrected chi connectivity index (χ1v) is 13.1. The molecule has 0 unspecified atom stereocenters. The summed E-state index contributed by atoms with van der Waals surface area (Å²) < 4.78 is 46.1. The molecule has 35 heavy (non-hydrogen) atoms. The Labute approximate surface area is 206 Å². The summed E-state index contributed by atoms with van der Waals surface area (Å²) in [7, 11) is -0.729. The first-order chi connectivity index (χ1) is 16.7.